The van der Waals surface area contributed by atoms with Crippen molar-refractivity contribution < 1.29 is 14.3 Å². The summed E-state index contributed by atoms with van der Waals surface area (Å²) < 4.78 is 14.1. The van der Waals surface area contributed by atoms with Crippen LogP contribution < -0.4 is 20.3 Å². The summed E-state index contributed by atoms with van der Waals surface area (Å²) in [5.74, 6) is 0.965. The van der Waals surface area contributed by atoms with Gasteiger partial charge in [-0.3, -0.25) is 14.3 Å². The van der Waals surface area contributed by atoms with Gasteiger partial charge in [0.05, 0.1) is 12.7 Å². The van der Waals surface area contributed by atoms with Crippen LogP contribution in [0, 0.1) is 6.92 Å². The second-order valence-corrected chi connectivity index (χ2v) is 7.29. The molecule has 156 valence electrons. The van der Waals surface area contributed by atoms with Crippen molar-refractivity contribution in [1.29, 1.82) is 0 Å². The van der Waals surface area contributed by atoms with Crippen LogP contribution in [0.4, 0.5) is 0 Å². The number of hydrogen-bond acceptors (Lipinski definition) is 5. The van der Waals surface area contributed by atoms with Gasteiger partial charge in [-0.15, -0.1) is 0 Å². The first-order chi connectivity index (χ1) is 14.5. The zero-order chi connectivity index (χ0) is 21.1. The van der Waals surface area contributed by atoms with Crippen LogP contribution in [0.25, 0.3) is 0 Å². The third kappa shape index (κ3) is 4.07. The summed E-state index contributed by atoms with van der Waals surface area (Å²) in [6.07, 6.45) is 6.32. The van der Waals surface area contributed by atoms with E-state index in [0.29, 0.717) is 30.2 Å². The van der Waals surface area contributed by atoms with Gasteiger partial charge in [0, 0.05) is 31.0 Å². The van der Waals surface area contributed by atoms with Gasteiger partial charge < -0.3 is 19.4 Å². The van der Waals surface area contributed by atoms with Crippen LogP contribution >= 0.6 is 0 Å². The Labute approximate surface area is 174 Å². The smallest absolute Gasteiger partial charge is 0.263 e. The Morgan fingerprint density at radius 3 is 2.87 bits per heavy atom. The molecular formula is C22H24N4O4. The molecule has 8 nitrogen and oxygen atoms in total. The number of pyridine rings is 1. The SMILES string of the molecule is CCCn1cc(CNC(=O)c2c(C)ccn(Cc3ccc4c(c3)OCO4)c2=O)cn1. The van der Waals surface area contributed by atoms with Crippen LogP contribution in [0.3, 0.4) is 0 Å². The first kappa shape index (κ1) is 19.8. The molecule has 1 amide bonds. The number of carbonyl (C=O) groups excluding carboxylic acids is 1. The van der Waals surface area contributed by atoms with Crippen molar-refractivity contribution in [1.82, 2.24) is 19.7 Å². The number of carbonyl (C=O) groups is 1. The predicted molar refractivity (Wildman–Crippen MR) is 111 cm³/mol. The van der Waals surface area contributed by atoms with E-state index in [-0.39, 0.29) is 23.8 Å². The van der Waals surface area contributed by atoms with Gasteiger partial charge in [0.2, 0.25) is 6.79 Å². The Balaban J connectivity index is 1.50. The zero-order valence-corrected chi connectivity index (χ0v) is 17.1. The molecule has 1 aliphatic rings. The second-order valence-electron chi connectivity index (χ2n) is 7.29. The first-order valence-electron chi connectivity index (χ1n) is 9.93. The molecule has 1 N–H and O–H groups in total. The molecule has 4 rings (SSSR count). The molecule has 0 saturated carbocycles. The molecule has 0 radical (unpaired) electrons. The number of hydrogen-bond donors (Lipinski definition) is 1. The molecule has 30 heavy (non-hydrogen) atoms. The van der Waals surface area contributed by atoms with E-state index in [0.717, 1.165) is 24.1 Å². The molecule has 1 aliphatic heterocycles. The number of aryl methyl sites for hydroxylation is 2. The van der Waals surface area contributed by atoms with E-state index in [1.165, 1.54) is 4.57 Å². The van der Waals surface area contributed by atoms with Crippen LogP contribution in [0.1, 0.15) is 40.4 Å². The van der Waals surface area contributed by atoms with Crippen molar-refractivity contribution in [2.45, 2.75) is 39.9 Å². The van der Waals surface area contributed by atoms with Crippen LogP contribution in [-0.2, 0) is 19.6 Å². The van der Waals surface area contributed by atoms with Crippen LogP contribution in [0.15, 0.2) is 47.7 Å². The largest absolute Gasteiger partial charge is 0.454 e. The minimum Gasteiger partial charge on any atom is -0.454 e. The molecule has 2 aromatic heterocycles. The topological polar surface area (TPSA) is 87.4 Å². The van der Waals surface area contributed by atoms with Crippen molar-refractivity contribution >= 4 is 5.91 Å². The third-order valence-electron chi connectivity index (χ3n) is 4.98. The predicted octanol–water partition coefficient (Wildman–Crippen LogP) is 2.47. The maximum Gasteiger partial charge on any atom is 0.263 e. The van der Waals surface area contributed by atoms with Crippen molar-refractivity contribution in [3.05, 3.63) is 75.5 Å². The van der Waals surface area contributed by atoms with Crippen LogP contribution in [-0.4, -0.2) is 27.0 Å². The molecule has 0 spiro atoms. The van der Waals surface area contributed by atoms with E-state index in [1.807, 2.05) is 29.1 Å². The number of nitrogens with one attached hydrogen (secondary N) is 1. The number of fused-ring (bicyclic) bond motifs is 1. The first-order valence-corrected chi connectivity index (χ1v) is 9.93. The zero-order valence-electron chi connectivity index (χ0n) is 17.1. The van der Waals surface area contributed by atoms with Crippen molar-refractivity contribution in [2.24, 2.45) is 0 Å². The fraction of sp³-hybridized carbons (Fsp3) is 0.318. The number of rotatable bonds is 7. The van der Waals surface area contributed by atoms with E-state index >= 15 is 0 Å². The van der Waals surface area contributed by atoms with E-state index in [4.69, 9.17) is 9.47 Å². The van der Waals surface area contributed by atoms with Gasteiger partial charge >= 0.3 is 0 Å². The highest BCUT2D eigenvalue weighted by Gasteiger charge is 2.17. The van der Waals surface area contributed by atoms with Crippen molar-refractivity contribution in [2.75, 3.05) is 6.79 Å². The summed E-state index contributed by atoms with van der Waals surface area (Å²) in [6, 6.07) is 7.33. The van der Waals surface area contributed by atoms with Crippen LogP contribution in [0.5, 0.6) is 11.5 Å². The fourth-order valence-corrected chi connectivity index (χ4v) is 3.42. The normalized spacial score (nSPS) is 12.2. The Morgan fingerprint density at radius 2 is 2.03 bits per heavy atom. The van der Waals surface area contributed by atoms with E-state index in [2.05, 4.69) is 17.3 Å². The molecule has 3 heterocycles. The number of ether oxygens (including phenoxy) is 2. The average Bonchev–Trinajstić information content (AvgIpc) is 3.38. The standard InChI is InChI=1S/C22H24N4O4/c1-3-7-26-13-17(11-24-26)10-23-21(27)20-15(2)6-8-25(22(20)28)12-16-4-5-18-19(9-16)30-14-29-18/h4-6,8-9,11,13H,3,7,10,12,14H2,1-2H3,(H,23,27). The third-order valence-corrected chi connectivity index (χ3v) is 4.98. The van der Waals surface area contributed by atoms with Gasteiger partial charge in [0.25, 0.3) is 11.5 Å². The molecule has 8 heteroatoms. The summed E-state index contributed by atoms with van der Waals surface area (Å²) in [7, 11) is 0. The summed E-state index contributed by atoms with van der Waals surface area (Å²) >= 11 is 0. The molecule has 0 bridgehead atoms. The second kappa shape index (κ2) is 8.44. The quantitative estimate of drug-likeness (QED) is 0.649. The minimum absolute atomic E-state index is 0.152. The van der Waals surface area contributed by atoms with E-state index in [9.17, 15) is 9.59 Å². The Morgan fingerprint density at radius 1 is 1.20 bits per heavy atom. The Kier molecular flexibility index (Phi) is 5.56. The van der Waals surface area contributed by atoms with Gasteiger partial charge in [-0.1, -0.05) is 13.0 Å². The lowest BCUT2D eigenvalue weighted by atomic mass is 10.1. The van der Waals surface area contributed by atoms with E-state index < -0.39 is 0 Å². The van der Waals surface area contributed by atoms with Crippen molar-refractivity contribution in [3.8, 4) is 11.5 Å². The van der Waals surface area contributed by atoms with Crippen molar-refractivity contribution in [3.63, 3.8) is 0 Å². The number of benzene rings is 1. The van der Waals surface area contributed by atoms with Gasteiger partial charge in [-0.2, -0.15) is 5.10 Å². The number of amides is 1. The minimum atomic E-state index is -0.388. The number of aromatic nitrogens is 3. The molecule has 0 saturated heterocycles. The highest BCUT2D eigenvalue weighted by molar-refractivity contribution is 5.95. The van der Waals surface area contributed by atoms with Gasteiger partial charge in [0.15, 0.2) is 11.5 Å². The molecule has 1 aromatic carbocycles. The maximum atomic E-state index is 13.0. The molecule has 0 aliphatic carbocycles. The molecule has 0 atom stereocenters. The molecule has 0 unspecified atom stereocenters. The van der Waals surface area contributed by atoms with E-state index in [1.54, 1.807) is 25.4 Å². The van der Waals surface area contributed by atoms with Crippen LogP contribution in [0.2, 0.25) is 0 Å². The highest BCUT2D eigenvalue weighted by Crippen LogP contribution is 2.32. The Hall–Kier alpha value is -3.55. The fourth-order valence-electron chi connectivity index (χ4n) is 3.42. The monoisotopic (exact) mass is 408 g/mol. The molecule has 0 fully saturated rings. The van der Waals surface area contributed by atoms with Gasteiger partial charge in [-0.05, 0) is 42.7 Å². The lowest BCUT2D eigenvalue weighted by Crippen LogP contribution is -2.33. The summed E-state index contributed by atoms with van der Waals surface area (Å²) in [6.45, 7) is 5.52. The highest BCUT2D eigenvalue weighted by atomic mass is 16.7. The summed E-state index contributed by atoms with van der Waals surface area (Å²) in [5.41, 5.74) is 2.25. The summed E-state index contributed by atoms with van der Waals surface area (Å²) in [4.78, 5) is 25.8. The van der Waals surface area contributed by atoms with Gasteiger partial charge in [0.1, 0.15) is 5.56 Å². The number of nitrogens with zero attached hydrogens (tertiary/aromatic N) is 3. The lowest BCUT2D eigenvalue weighted by Gasteiger charge is -2.11. The lowest BCUT2D eigenvalue weighted by molar-refractivity contribution is 0.0948. The Bertz CT molecular complexity index is 1130. The average molecular weight is 408 g/mol. The maximum absolute atomic E-state index is 13.0. The molecule has 3 aromatic rings. The molecular weight excluding hydrogens is 384 g/mol. The summed E-state index contributed by atoms with van der Waals surface area (Å²) in [5, 5.41) is 7.09. The van der Waals surface area contributed by atoms with Gasteiger partial charge in [-0.25, -0.2) is 0 Å².